The van der Waals surface area contributed by atoms with Crippen LogP contribution < -0.4 is 16.0 Å². The number of nitrogens with zero attached hydrogens (tertiary/aromatic N) is 3. The standard InChI is InChI=1S/C21H26N6O2/c1-22-21(25-11-9-18-4-2-3-10-23-18)26-14-16-5-7-17(8-6-16)20(29)27-13-12-24-19(28)15-27/h2-8,10H,9,11-15H2,1H3,(H,24,28)(H2,22,25,26). The molecule has 29 heavy (non-hydrogen) atoms. The summed E-state index contributed by atoms with van der Waals surface area (Å²) in [5, 5.41) is 9.25. The number of carbonyl (C=O) groups is 2. The number of hydrogen-bond acceptors (Lipinski definition) is 4. The summed E-state index contributed by atoms with van der Waals surface area (Å²) in [6.45, 7) is 2.47. The van der Waals surface area contributed by atoms with Crippen molar-refractivity contribution in [1.29, 1.82) is 0 Å². The van der Waals surface area contributed by atoms with Gasteiger partial charge in [0.2, 0.25) is 5.91 Å². The van der Waals surface area contributed by atoms with E-state index in [9.17, 15) is 9.59 Å². The minimum atomic E-state index is -0.119. The fraction of sp³-hybridized carbons (Fsp3) is 0.333. The van der Waals surface area contributed by atoms with Crippen LogP contribution in [0.15, 0.2) is 53.7 Å². The van der Waals surface area contributed by atoms with Gasteiger partial charge in [0.1, 0.15) is 0 Å². The zero-order valence-corrected chi connectivity index (χ0v) is 16.5. The van der Waals surface area contributed by atoms with Crippen LogP contribution in [0.5, 0.6) is 0 Å². The quantitative estimate of drug-likeness (QED) is 0.491. The Hall–Kier alpha value is -3.42. The Labute approximate surface area is 170 Å². The fourth-order valence-electron chi connectivity index (χ4n) is 3.02. The molecule has 2 aromatic rings. The normalized spacial score (nSPS) is 14.3. The van der Waals surface area contributed by atoms with Gasteiger partial charge >= 0.3 is 0 Å². The molecule has 0 aliphatic carbocycles. The van der Waals surface area contributed by atoms with E-state index in [0.29, 0.717) is 31.2 Å². The highest BCUT2D eigenvalue weighted by atomic mass is 16.2. The van der Waals surface area contributed by atoms with E-state index < -0.39 is 0 Å². The first-order chi connectivity index (χ1) is 14.2. The topological polar surface area (TPSA) is 98.7 Å². The monoisotopic (exact) mass is 394 g/mol. The predicted octanol–water partition coefficient (Wildman–Crippen LogP) is 0.561. The van der Waals surface area contributed by atoms with Crippen molar-refractivity contribution in [3.05, 3.63) is 65.5 Å². The molecule has 2 heterocycles. The molecule has 0 radical (unpaired) electrons. The van der Waals surface area contributed by atoms with Gasteiger partial charge in [-0.3, -0.25) is 19.6 Å². The van der Waals surface area contributed by atoms with E-state index in [1.165, 1.54) is 0 Å². The molecule has 0 bridgehead atoms. The number of carbonyl (C=O) groups excluding carboxylic acids is 2. The SMILES string of the molecule is CN=C(NCCc1ccccn1)NCc1ccc(C(=O)N2CCNC(=O)C2)cc1. The number of nitrogens with one attached hydrogen (secondary N) is 3. The molecule has 1 aromatic carbocycles. The third-order valence-electron chi connectivity index (χ3n) is 4.61. The average Bonchev–Trinajstić information content (AvgIpc) is 2.76. The van der Waals surface area contributed by atoms with Crippen molar-refractivity contribution in [3.63, 3.8) is 0 Å². The van der Waals surface area contributed by atoms with Crippen LogP contribution in [-0.4, -0.2) is 60.9 Å². The zero-order chi connectivity index (χ0) is 20.5. The molecule has 2 amide bonds. The van der Waals surface area contributed by atoms with Crippen LogP contribution in [0.3, 0.4) is 0 Å². The van der Waals surface area contributed by atoms with E-state index in [1.54, 1.807) is 30.3 Å². The predicted molar refractivity (Wildman–Crippen MR) is 111 cm³/mol. The van der Waals surface area contributed by atoms with Gasteiger partial charge in [0, 0.05) is 57.1 Å². The van der Waals surface area contributed by atoms with E-state index in [-0.39, 0.29) is 18.4 Å². The van der Waals surface area contributed by atoms with Crippen LogP contribution in [0.25, 0.3) is 0 Å². The molecule has 0 spiro atoms. The summed E-state index contributed by atoms with van der Waals surface area (Å²) >= 11 is 0. The Morgan fingerprint density at radius 2 is 2.03 bits per heavy atom. The molecule has 0 saturated carbocycles. The smallest absolute Gasteiger partial charge is 0.254 e. The van der Waals surface area contributed by atoms with Gasteiger partial charge in [0.05, 0.1) is 6.54 Å². The number of aromatic nitrogens is 1. The molecule has 3 N–H and O–H groups in total. The van der Waals surface area contributed by atoms with Crippen molar-refractivity contribution in [2.24, 2.45) is 4.99 Å². The van der Waals surface area contributed by atoms with Gasteiger partial charge in [-0.15, -0.1) is 0 Å². The molecule has 1 aliphatic rings. The maximum atomic E-state index is 12.5. The molecule has 3 rings (SSSR count). The second-order valence-corrected chi connectivity index (χ2v) is 6.70. The maximum Gasteiger partial charge on any atom is 0.254 e. The zero-order valence-electron chi connectivity index (χ0n) is 16.5. The van der Waals surface area contributed by atoms with Crippen LogP contribution in [0.2, 0.25) is 0 Å². The number of pyridine rings is 1. The first-order valence-corrected chi connectivity index (χ1v) is 9.65. The Morgan fingerprint density at radius 3 is 2.72 bits per heavy atom. The second kappa shape index (κ2) is 10.2. The summed E-state index contributed by atoms with van der Waals surface area (Å²) in [5.41, 5.74) is 2.65. The molecule has 1 saturated heterocycles. The van der Waals surface area contributed by atoms with E-state index in [4.69, 9.17) is 0 Å². The number of piperazine rings is 1. The van der Waals surface area contributed by atoms with Gasteiger partial charge in [-0.25, -0.2) is 0 Å². The molecule has 1 fully saturated rings. The molecular formula is C21H26N6O2. The maximum absolute atomic E-state index is 12.5. The van der Waals surface area contributed by atoms with Crippen LogP contribution >= 0.6 is 0 Å². The Bertz CT molecular complexity index is 851. The van der Waals surface area contributed by atoms with E-state index in [1.807, 2.05) is 30.3 Å². The molecule has 8 nitrogen and oxygen atoms in total. The van der Waals surface area contributed by atoms with Crippen molar-refractivity contribution in [1.82, 2.24) is 25.8 Å². The van der Waals surface area contributed by atoms with Gasteiger partial charge in [-0.05, 0) is 29.8 Å². The summed E-state index contributed by atoms with van der Waals surface area (Å²) < 4.78 is 0. The van der Waals surface area contributed by atoms with Crippen molar-refractivity contribution in [3.8, 4) is 0 Å². The third kappa shape index (κ3) is 6.03. The minimum absolute atomic E-state index is 0.114. The highest BCUT2D eigenvalue weighted by molar-refractivity contribution is 5.97. The molecule has 0 unspecified atom stereocenters. The summed E-state index contributed by atoms with van der Waals surface area (Å²) in [5.74, 6) is 0.471. The highest BCUT2D eigenvalue weighted by Crippen LogP contribution is 2.09. The molecule has 152 valence electrons. The van der Waals surface area contributed by atoms with Gasteiger partial charge in [0.15, 0.2) is 5.96 Å². The highest BCUT2D eigenvalue weighted by Gasteiger charge is 2.22. The largest absolute Gasteiger partial charge is 0.356 e. The molecule has 1 aliphatic heterocycles. The number of benzene rings is 1. The van der Waals surface area contributed by atoms with Crippen LogP contribution in [0.1, 0.15) is 21.6 Å². The first kappa shape index (κ1) is 20.3. The van der Waals surface area contributed by atoms with Crippen LogP contribution in [0, 0.1) is 0 Å². The van der Waals surface area contributed by atoms with Gasteiger partial charge in [-0.2, -0.15) is 0 Å². The molecule has 1 aromatic heterocycles. The van der Waals surface area contributed by atoms with E-state index in [0.717, 1.165) is 24.2 Å². The van der Waals surface area contributed by atoms with E-state index in [2.05, 4.69) is 25.9 Å². The second-order valence-electron chi connectivity index (χ2n) is 6.70. The lowest BCUT2D eigenvalue weighted by molar-refractivity contribution is -0.123. The summed E-state index contributed by atoms with van der Waals surface area (Å²) in [7, 11) is 1.73. The van der Waals surface area contributed by atoms with Crippen molar-refractivity contribution in [2.45, 2.75) is 13.0 Å². The van der Waals surface area contributed by atoms with Crippen LogP contribution in [-0.2, 0) is 17.8 Å². The number of aliphatic imine (C=N–C) groups is 1. The summed E-state index contributed by atoms with van der Waals surface area (Å²) in [6.07, 6.45) is 2.60. The summed E-state index contributed by atoms with van der Waals surface area (Å²) in [4.78, 5) is 34.1. The first-order valence-electron chi connectivity index (χ1n) is 9.65. The van der Waals surface area contributed by atoms with Crippen molar-refractivity contribution >= 4 is 17.8 Å². The molecular weight excluding hydrogens is 368 g/mol. The Kier molecular flexibility index (Phi) is 7.16. The Morgan fingerprint density at radius 1 is 1.21 bits per heavy atom. The Balaban J connectivity index is 1.46. The third-order valence-corrected chi connectivity index (χ3v) is 4.61. The summed E-state index contributed by atoms with van der Waals surface area (Å²) in [6, 6.07) is 13.3. The average molecular weight is 394 g/mol. The molecule has 0 atom stereocenters. The lowest BCUT2D eigenvalue weighted by atomic mass is 10.1. The van der Waals surface area contributed by atoms with E-state index >= 15 is 0 Å². The molecule has 8 heteroatoms. The van der Waals surface area contributed by atoms with Crippen molar-refractivity contribution < 1.29 is 9.59 Å². The van der Waals surface area contributed by atoms with Crippen molar-refractivity contribution in [2.75, 3.05) is 33.2 Å². The fourth-order valence-corrected chi connectivity index (χ4v) is 3.02. The number of amides is 2. The lowest BCUT2D eigenvalue weighted by Gasteiger charge is -2.26. The van der Waals surface area contributed by atoms with Crippen LogP contribution in [0.4, 0.5) is 0 Å². The number of guanidine groups is 1. The minimum Gasteiger partial charge on any atom is -0.356 e. The van der Waals surface area contributed by atoms with Gasteiger partial charge in [0.25, 0.3) is 5.91 Å². The van der Waals surface area contributed by atoms with Gasteiger partial charge < -0.3 is 20.9 Å². The lowest BCUT2D eigenvalue weighted by Crippen LogP contribution is -2.49. The number of rotatable bonds is 6. The van der Waals surface area contributed by atoms with Gasteiger partial charge in [-0.1, -0.05) is 18.2 Å². The number of hydrogen-bond donors (Lipinski definition) is 3.